The molecule has 0 aliphatic rings. The fourth-order valence-corrected chi connectivity index (χ4v) is 1.40. The smallest absolute Gasteiger partial charge is 0.314 e. The van der Waals surface area contributed by atoms with Crippen LogP contribution in [-0.2, 0) is 16.1 Å². The Bertz CT molecular complexity index is 303. The zero-order chi connectivity index (χ0) is 10.6. The van der Waals surface area contributed by atoms with Crippen LogP contribution in [0, 0.1) is 0 Å². The Labute approximate surface area is 82.5 Å². The number of hydrogen-bond donors (Lipinski definition) is 1. The zero-order valence-corrected chi connectivity index (χ0v) is 8.32. The highest BCUT2D eigenvalue weighted by Crippen LogP contribution is 2.25. The van der Waals surface area contributed by atoms with E-state index in [1.807, 2.05) is 6.92 Å². The highest BCUT2D eigenvalue weighted by Gasteiger charge is 2.23. The van der Waals surface area contributed by atoms with Gasteiger partial charge in [-0.1, -0.05) is 6.92 Å². The standard InChI is InChI=1S/C10H14O4/c1-3-8(10(11)12)9-7(6-13-2)4-5-14-9/h4-5,8H,3,6H2,1-2H3,(H,11,12). The van der Waals surface area contributed by atoms with Crippen LogP contribution in [0.1, 0.15) is 30.6 Å². The van der Waals surface area contributed by atoms with E-state index in [-0.39, 0.29) is 0 Å². The number of methoxy groups -OCH3 is 1. The molecule has 0 amide bonds. The van der Waals surface area contributed by atoms with Gasteiger partial charge in [-0.25, -0.2) is 0 Å². The van der Waals surface area contributed by atoms with Gasteiger partial charge in [0.1, 0.15) is 11.7 Å². The van der Waals surface area contributed by atoms with Crippen molar-refractivity contribution in [1.82, 2.24) is 0 Å². The lowest BCUT2D eigenvalue weighted by Gasteiger charge is -2.08. The maximum atomic E-state index is 10.9. The molecule has 0 radical (unpaired) electrons. The van der Waals surface area contributed by atoms with Crippen molar-refractivity contribution < 1.29 is 19.1 Å². The lowest BCUT2D eigenvalue weighted by Crippen LogP contribution is -2.11. The molecule has 1 aromatic rings. The predicted molar refractivity (Wildman–Crippen MR) is 50.1 cm³/mol. The van der Waals surface area contributed by atoms with Crippen molar-refractivity contribution in [2.45, 2.75) is 25.9 Å². The minimum atomic E-state index is -0.861. The van der Waals surface area contributed by atoms with Gasteiger partial charge < -0.3 is 14.3 Å². The number of hydrogen-bond acceptors (Lipinski definition) is 3. The normalized spacial score (nSPS) is 12.7. The molecule has 1 N–H and O–H groups in total. The van der Waals surface area contributed by atoms with Crippen molar-refractivity contribution in [2.24, 2.45) is 0 Å². The average molecular weight is 198 g/mol. The third-order valence-corrected chi connectivity index (χ3v) is 2.10. The fourth-order valence-electron chi connectivity index (χ4n) is 1.40. The summed E-state index contributed by atoms with van der Waals surface area (Å²) < 4.78 is 10.1. The highest BCUT2D eigenvalue weighted by molar-refractivity contribution is 5.75. The van der Waals surface area contributed by atoms with Crippen LogP contribution in [0.4, 0.5) is 0 Å². The number of carboxylic acid groups (broad SMARTS) is 1. The Kier molecular flexibility index (Phi) is 3.71. The Morgan fingerprint density at radius 3 is 2.93 bits per heavy atom. The molecule has 4 nitrogen and oxygen atoms in total. The second-order valence-electron chi connectivity index (χ2n) is 3.04. The summed E-state index contributed by atoms with van der Waals surface area (Å²) in [7, 11) is 1.57. The number of ether oxygens (including phenoxy) is 1. The summed E-state index contributed by atoms with van der Waals surface area (Å²) in [5.74, 6) is -0.934. The monoisotopic (exact) mass is 198 g/mol. The maximum absolute atomic E-state index is 10.9. The largest absolute Gasteiger partial charge is 0.481 e. The van der Waals surface area contributed by atoms with Crippen molar-refractivity contribution in [1.29, 1.82) is 0 Å². The van der Waals surface area contributed by atoms with Gasteiger partial charge in [0.05, 0.1) is 12.9 Å². The van der Waals surface area contributed by atoms with E-state index < -0.39 is 11.9 Å². The first-order chi connectivity index (χ1) is 6.70. The molecule has 1 unspecified atom stereocenters. The van der Waals surface area contributed by atoms with Crippen molar-refractivity contribution in [3.05, 3.63) is 23.7 Å². The minimum Gasteiger partial charge on any atom is -0.481 e. The summed E-state index contributed by atoms with van der Waals surface area (Å²) >= 11 is 0. The minimum absolute atomic E-state index is 0.385. The van der Waals surface area contributed by atoms with Crippen molar-refractivity contribution >= 4 is 5.97 Å². The Morgan fingerprint density at radius 1 is 1.71 bits per heavy atom. The third-order valence-electron chi connectivity index (χ3n) is 2.10. The van der Waals surface area contributed by atoms with Crippen LogP contribution in [0.2, 0.25) is 0 Å². The Morgan fingerprint density at radius 2 is 2.43 bits per heavy atom. The molecule has 4 heteroatoms. The van der Waals surface area contributed by atoms with Crippen molar-refractivity contribution in [3.8, 4) is 0 Å². The number of carbonyl (C=O) groups is 1. The second-order valence-corrected chi connectivity index (χ2v) is 3.04. The number of furan rings is 1. The molecule has 0 saturated heterocycles. The lowest BCUT2D eigenvalue weighted by molar-refractivity contribution is -0.139. The molecule has 1 aromatic heterocycles. The van der Waals surface area contributed by atoms with E-state index in [1.54, 1.807) is 13.2 Å². The van der Waals surface area contributed by atoms with Crippen LogP contribution in [0.5, 0.6) is 0 Å². The molecular formula is C10H14O4. The van der Waals surface area contributed by atoms with Crippen molar-refractivity contribution in [3.63, 3.8) is 0 Å². The van der Waals surface area contributed by atoms with Gasteiger partial charge in [0.25, 0.3) is 0 Å². The van der Waals surface area contributed by atoms with Gasteiger partial charge >= 0.3 is 5.97 Å². The Hall–Kier alpha value is -1.29. The summed E-state index contributed by atoms with van der Waals surface area (Å²) in [4.78, 5) is 10.9. The van der Waals surface area contributed by atoms with Gasteiger partial charge in [-0.05, 0) is 12.5 Å². The van der Waals surface area contributed by atoms with Gasteiger partial charge in [0.15, 0.2) is 0 Å². The molecule has 1 atom stereocenters. The highest BCUT2D eigenvalue weighted by atomic mass is 16.5. The zero-order valence-electron chi connectivity index (χ0n) is 8.32. The van der Waals surface area contributed by atoms with Crippen LogP contribution in [0.3, 0.4) is 0 Å². The summed E-state index contributed by atoms with van der Waals surface area (Å²) in [6.07, 6.45) is 2.01. The molecule has 0 fully saturated rings. The molecule has 0 aliphatic carbocycles. The number of rotatable bonds is 5. The molecule has 14 heavy (non-hydrogen) atoms. The molecule has 78 valence electrons. The van der Waals surface area contributed by atoms with Crippen LogP contribution >= 0.6 is 0 Å². The third kappa shape index (κ3) is 2.14. The first-order valence-electron chi connectivity index (χ1n) is 4.48. The predicted octanol–water partition coefficient (Wildman–Crippen LogP) is 2.00. The van der Waals surface area contributed by atoms with Crippen LogP contribution < -0.4 is 0 Å². The summed E-state index contributed by atoms with van der Waals surface area (Å²) in [5.41, 5.74) is 0.807. The van der Waals surface area contributed by atoms with E-state index in [0.717, 1.165) is 5.56 Å². The SMILES string of the molecule is CCC(C(=O)O)c1occc1COC. The van der Waals surface area contributed by atoms with E-state index in [9.17, 15) is 4.79 Å². The van der Waals surface area contributed by atoms with E-state index in [0.29, 0.717) is 18.8 Å². The van der Waals surface area contributed by atoms with E-state index in [2.05, 4.69) is 0 Å². The van der Waals surface area contributed by atoms with Gasteiger partial charge in [-0.15, -0.1) is 0 Å². The fraction of sp³-hybridized carbons (Fsp3) is 0.500. The van der Waals surface area contributed by atoms with E-state index >= 15 is 0 Å². The average Bonchev–Trinajstić information content (AvgIpc) is 2.55. The molecule has 1 rings (SSSR count). The topological polar surface area (TPSA) is 59.7 Å². The van der Waals surface area contributed by atoms with Crippen LogP contribution in [0.25, 0.3) is 0 Å². The molecule has 1 heterocycles. The van der Waals surface area contributed by atoms with Crippen LogP contribution in [0.15, 0.2) is 16.7 Å². The molecule has 0 saturated carbocycles. The molecule has 0 aromatic carbocycles. The molecule has 0 bridgehead atoms. The Balaban J connectivity index is 2.91. The van der Waals surface area contributed by atoms with E-state index in [1.165, 1.54) is 6.26 Å². The van der Waals surface area contributed by atoms with E-state index in [4.69, 9.17) is 14.3 Å². The van der Waals surface area contributed by atoms with Crippen molar-refractivity contribution in [2.75, 3.05) is 7.11 Å². The quantitative estimate of drug-likeness (QED) is 0.786. The van der Waals surface area contributed by atoms with Gasteiger partial charge in [-0.3, -0.25) is 4.79 Å². The first kappa shape index (κ1) is 10.8. The van der Waals surface area contributed by atoms with Crippen LogP contribution in [-0.4, -0.2) is 18.2 Å². The molecule has 0 aliphatic heterocycles. The maximum Gasteiger partial charge on any atom is 0.314 e. The summed E-state index contributed by atoms with van der Waals surface area (Å²) in [5, 5.41) is 8.94. The number of carboxylic acids is 1. The number of aliphatic carboxylic acids is 1. The van der Waals surface area contributed by atoms with Gasteiger partial charge in [0, 0.05) is 12.7 Å². The summed E-state index contributed by atoms with van der Waals surface area (Å²) in [6.45, 7) is 2.20. The van der Waals surface area contributed by atoms with Gasteiger partial charge in [0.2, 0.25) is 0 Å². The summed E-state index contributed by atoms with van der Waals surface area (Å²) in [6, 6.07) is 1.74. The second kappa shape index (κ2) is 4.81. The van der Waals surface area contributed by atoms with Gasteiger partial charge in [-0.2, -0.15) is 0 Å². The lowest BCUT2D eigenvalue weighted by atomic mass is 10.0. The molecule has 0 spiro atoms. The molecular weight excluding hydrogens is 184 g/mol. The first-order valence-corrected chi connectivity index (χ1v) is 4.48.